The monoisotopic (exact) mass is 548 g/mol. The van der Waals surface area contributed by atoms with Gasteiger partial charge in [-0.25, -0.2) is 0 Å². The number of nitrogens with one attached hydrogen (secondary N) is 4. The molecule has 9 nitrogen and oxygen atoms in total. The summed E-state index contributed by atoms with van der Waals surface area (Å²) in [5.41, 5.74) is 4.53. The van der Waals surface area contributed by atoms with Gasteiger partial charge in [0.2, 0.25) is 10.7 Å². The van der Waals surface area contributed by atoms with Gasteiger partial charge in [0.05, 0.1) is 0 Å². The largest absolute Gasteiger partial charge is 1.00 e. The van der Waals surface area contributed by atoms with Crippen LogP contribution in [0.15, 0.2) is 42.5 Å². The van der Waals surface area contributed by atoms with Crippen molar-refractivity contribution in [3.05, 3.63) is 68.7 Å². The molecular formula is C25H29N6NaO3S2. The van der Waals surface area contributed by atoms with Crippen LogP contribution in [0.5, 0.6) is 0 Å². The molecule has 0 aliphatic heterocycles. The number of para-hydroxylation sites is 1. The van der Waals surface area contributed by atoms with E-state index in [9.17, 15) is 14.7 Å². The molecule has 3 rings (SSSR count). The van der Waals surface area contributed by atoms with Gasteiger partial charge < -0.3 is 35.4 Å². The quantitative estimate of drug-likeness (QED) is 0.148. The van der Waals surface area contributed by atoms with E-state index in [-0.39, 0.29) is 46.7 Å². The molecule has 1 aromatic heterocycles. The Morgan fingerprint density at radius 3 is 2.38 bits per heavy atom. The van der Waals surface area contributed by atoms with Gasteiger partial charge in [0, 0.05) is 42.5 Å². The van der Waals surface area contributed by atoms with Gasteiger partial charge in [0.1, 0.15) is 0 Å². The second-order valence-corrected chi connectivity index (χ2v) is 9.16. The van der Waals surface area contributed by atoms with Crippen molar-refractivity contribution in [3.63, 3.8) is 0 Å². The molecule has 2 aromatic carbocycles. The number of carboxylic acid groups (broad SMARTS) is 1. The van der Waals surface area contributed by atoms with E-state index in [0.29, 0.717) is 54.4 Å². The van der Waals surface area contributed by atoms with Crippen molar-refractivity contribution in [1.82, 2.24) is 20.3 Å². The van der Waals surface area contributed by atoms with E-state index in [4.69, 9.17) is 24.4 Å². The van der Waals surface area contributed by atoms with E-state index in [1.54, 1.807) is 18.2 Å². The summed E-state index contributed by atoms with van der Waals surface area (Å²) >= 11 is 10.1. The molecule has 37 heavy (non-hydrogen) atoms. The molecule has 0 fully saturated rings. The average Bonchev–Trinajstić information content (AvgIpc) is 2.80. The molecule has 1 amide bonds. The first-order valence-electron chi connectivity index (χ1n) is 11.6. The van der Waals surface area contributed by atoms with E-state index >= 15 is 0 Å². The number of anilines is 3. The summed E-state index contributed by atoms with van der Waals surface area (Å²) < 4.78 is 0.602. The van der Waals surface area contributed by atoms with Gasteiger partial charge in [0.25, 0.3) is 5.91 Å². The normalized spacial score (nSPS) is 10.3. The SMILES string of the molecule is Cc1cccc(C)c1N(CCCNC(=O)c1cccc(Nc2nc(=S)[nH]c(=S)[nH]2)c1)CCCC(=O)[O-].[Na+]. The maximum atomic E-state index is 12.7. The Labute approximate surface area is 248 Å². The number of aryl methyl sites for hydroxylation is 2. The first kappa shape index (κ1) is 30.7. The predicted molar refractivity (Wildman–Crippen MR) is 144 cm³/mol. The third-order valence-corrected chi connectivity index (χ3v) is 5.91. The van der Waals surface area contributed by atoms with Crippen molar-refractivity contribution in [2.24, 2.45) is 0 Å². The van der Waals surface area contributed by atoms with Gasteiger partial charge in [-0.05, 0) is 86.9 Å². The molecule has 0 atom stereocenters. The summed E-state index contributed by atoms with van der Waals surface area (Å²) in [5, 5.41) is 16.9. The minimum Gasteiger partial charge on any atom is -0.550 e. The molecule has 0 spiro atoms. The van der Waals surface area contributed by atoms with Gasteiger partial charge in [-0.15, -0.1) is 0 Å². The number of aliphatic carboxylic acids is 1. The van der Waals surface area contributed by atoms with Gasteiger partial charge in [0.15, 0.2) is 4.77 Å². The molecular weight excluding hydrogens is 519 g/mol. The smallest absolute Gasteiger partial charge is 0.550 e. The minimum atomic E-state index is -1.05. The number of amides is 1. The number of hydrogen-bond donors (Lipinski definition) is 4. The molecule has 3 aromatic rings. The summed E-state index contributed by atoms with van der Waals surface area (Å²) in [4.78, 5) is 35.5. The number of hydrogen-bond acceptors (Lipinski definition) is 8. The van der Waals surface area contributed by atoms with Crippen molar-refractivity contribution in [2.75, 3.05) is 29.9 Å². The van der Waals surface area contributed by atoms with Crippen molar-refractivity contribution >= 4 is 53.6 Å². The Hall–Kier alpha value is -2.57. The first-order chi connectivity index (χ1) is 17.2. The molecule has 190 valence electrons. The molecule has 0 unspecified atom stereocenters. The molecule has 0 bridgehead atoms. The summed E-state index contributed by atoms with van der Waals surface area (Å²) in [6.07, 6.45) is 1.21. The Morgan fingerprint density at radius 1 is 1.03 bits per heavy atom. The van der Waals surface area contributed by atoms with Crippen molar-refractivity contribution in [1.29, 1.82) is 0 Å². The number of H-pyrrole nitrogens is 2. The number of carbonyl (C=O) groups is 2. The van der Waals surface area contributed by atoms with Gasteiger partial charge >= 0.3 is 29.6 Å². The van der Waals surface area contributed by atoms with Crippen molar-refractivity contribution in [3.8, 4) is 0 Å². The van der Waals surface area contributed by atoms with E-state index in [0.717, 1.165) is 16.8 Å². The summed E-state index contributed by atoms with van der Waals surface area (Å²) in [7, 11) is 0. The van der Waals surface area contributed by atoms with Crippen LogP contribution in [0.4, 0.5) is 17.3 Å². The van der Waals surface area contributed by atoms with Crippen LogP contribution in [0.2, 0.25) is 0 Å². The van der Waals surface area contributed by atoms with Crippen LogP contribution in [-0.2, 0) is 4.79 Å². The molecule has 0 saturated carbocycles. The van der Waals surface area contributed by atoms with Crippen LogP contribution in [0.25, 0.3) is 0 Å². The molecule has 12 heteroatoms. The second kappa shape index (κ2) is 15.0. The fourth-order valence-corrected chi connectivity index (χ4v) is 4.41. The maximum absolute atomic E-state index is 12.7. The van der Waals surface area contributed by atoms with Crippen LogP contribution in [0, 0.1) is 23.4 Å². The first-order valence-corrected chi connectivity index (χ1v) is 12.4. The number of rotatable bonds is 12. The fraction of sp³-hybridized carbons (Fsp3) is 0.320. The summed E-state index contributed by atoms with van der Waals surface area (Å²) in [6, 6.07) is 13.1. The number of carboxylic acids is 1. The Bertz CT molecular complexity index is 1300. The zero-order valence-electron chi connectivity index (χ0n) is 21.2. The number of nitrogens with zero attached hydrogens (tertiary/aromatic N) is 2. The van der Waals surface area contributed by atoms with Crippen LogP contribution in [-0.4, -0.2) is 46.5 Å². The summed E-state index contributed by atoms with van der Waals surface area (Å²) in [5.74, 6) is -0.860. The Balaban J connectivity index is 0.00000481. The molecule has 1 heterocycles. The van der Waals surface area contributed by atoms with E-state index < -0.39 is 5.97 Å². The molecule has 0 radical (unpaired) electrons. The topological polar surface area (TPSA) is 129 Å². The standard InChI is InChI=1S/C25H30N6O3S2.Na/c1-16-7-3-8-17(2)21(16)31(13-5-11-20(32)33)14-6-12-26-22(34)18-9-4-10-19(15-18)27-23-28-24(35)30-25(36)29-23;/h3-4,7-10,15H,5-6,11-14H2,1-2H3,(H,26,34)(H,32,33)(H3,27,28,29,30,35,36);/q;+1/p-1. The van der Waals surface area contributed by atoms with Crippen LogP contribution < -0.4 is 50.2 Å². The third-order valence-electron chi connectivity index (χ3n) is 5.51. The van der Waals surface area contributed by atoms with E-state index in [2.05, 4.69) is 30.5 Å². The van der Waals surface area contributed by atoms with Crippen molar-refractivity contribution in [2.45, 2.75) is 33.1 Å². The summed E-state index contributed by atoms with van der Waals surface area (Å²) in [6.45, 7) is 5.84. The zero-order valence-corrected chi connectivity index (χ0v) is 24.9. The second-order valence-electron chi connectivity index (χ2n) is 8.36. The Kier molecular flexibility index (Phi) is 12.4. The number of aromatic amines is 2. The molecule has 0 saturated heterocycles. The van der Waals surface area contributed by atoms with Gasteiger partial charge in [-0.2, -0.15) is 4.98 Å². The third kappa shape index (κ3) is 9.67. The molecule has 0 aliphatic rings. The van der Waals surface area contributed by atoms with Gasteiger partial charge in [-0.3, -0.25) is 4.79 Å². The number of benzene rings is 2. The van der Waals surface area contributed by atoms with Crippen molar-refractivity contribution < 1.29 is 44.3 Å². The molecule has 4 N–H and O–H groups in total. The van der Waals surface area contributed by atoms with E-state index in [1.165, 1.54) is 0 Å². The predicted octanol–water partition coefficient (Wildman–Crippen LogP) is 0.718. The maximum Gasteiger partial charge on any atom is 1.00 e. The Morgan fingerprint density at radius 2 is 1.70 bits per heavy atom. The average molecular weight is 549 g/mol. The van der Waals surface area contributed by atoms with Crippen LogP contribution in [0.1, 0.15) is 40.7 Å². The molecule has 0 aliphatic carbocycles. The number of aromatic nitrogens is 3. The fourth-order valence-electron chi connectivity index (χ4n) is 3.96. The minimum absolute atomic E-state index is 0. The zero-order chi connectivity index (χ0) is 26.1. The number of carbonyl (C=O) groups excluding carboxylic acids is 2. The van der Waals surface area contributed by atoms with Crippen LogP contribution >= 0.6 is 24.4 Å². The van der Waals surface area contributed by atoms with Gasteiger partial charge in [-0.1, -0.05) is 24.3 Å². The van der Waals surface area contributed by atoms with E-state index in [1.807, 2.05) is 38.1 Å². The van der Waals surface area contributed by atoms with Crippen LogP contribution in [0.3, 0.4) is 0 Å².